The Morgan fingerprint density at radius 3 is 2.50 bits per heavy atom. The second-order valence-corrected chi connectivity index (χ2v) is 10.2. The number of hydrogen-bond donors (Lipinski definition) is 0. The zero-order chi connectivity index (χ0) is 26.5. The molecule has 1 aliphatic rings. The highest BCUT2D eigenvalue weighted by molar-refractivity contribution is 7.90. The first-order valence-electron chi connectivity index (χ1n) is 11.8. The standard InChI is InChI=1S/C26H25NO9S2/c28-35-36-37-33-25-12-11-18-6-1-3-9-22(18)24(25)16-27-13-5-8-20(27)17-32-26-15-21(34-38(29,30)31)14-19-7-2-4-10-23(19)26/h1-4,6-7,9-12,14-15,20,28H,5,8,13,16-17H2,(H,29,30,31)/p-2/t20-/m0/s1. The van der Waals surface area contributed by atoms with Gasteiger partial charge in [-0.15, -0.1) is 4.33 Å². The molecule has 4 aromatic carbocycles. The number of nitrogens with zero attached hydrogens (tertiary/aromatic N) is 1. The van der Waals surface area contributed by atoms with Crippen molar-refractivity contribution in [1.29, 1.82) is 0 Å². The Bertz CT molecular complexity index is 1530. The molecule has 0 spiro atoms. The Hall–Kier alpha value is -3.10. The molecule has 12 heteroatoms. The van der Waals surface area contributed by atoms with Crippen LogP contribution in [-0.2, 0) is 26.3 Å². The van der Waals surface area contributed by atoms with E-state index >= 15 is 0 Å². The normalized spacial score (nSPS) is 16.2. The SMILES string of the molecule is O=S(=O)([O-])Oc1cc(OC[C@@H]2CCCN2Cc2c(OSOO[O-])ccc3ccccc23)c2ccccc2c1. The van der Waals surface area contributed by atoms with Gasteiger partial charge in [-0.3, -0.25) is 9.94 Å². The molecular weight excluding hydrogens is 534 g/mol. The highest BCUT2D eigenvalue weighted by atomic mass is 32.3. The fourth-order valence-electron chi connectivity index (χ4n) is 4.83. The van der Waals surface area contributed by atoms with E-state index in [1.54, 1.807) is 12.1 Å². The van der Waals surface area contributed by atoms with Crippen molar-refractivity contribution in [2.45, 2.75) is 25.4 Å². The number of benzene rings is 4. The van der Waals surface area contributed by atoms with Gasteiger partial charge in [-0.25, -0.2) is 8.42 Å². The molecule has 4 aromatic rings. The van der Waals surface area contributed by atoms with Gasteiger partial charge in [0.05, 0.1) is 0 Å². The van der Waals surface area contributed by atoms with Crippen molar-refractivity contribution in [2.24, 2.45) is 0 Å². The van der Waals surface area contributed by atoms with Crippen molar-refractivity contribution in [3.05, 3.63) is 78.4 Å². The minimum absolute atomic E-state index is 0.0577. The lowest BCUT2D eigenvalue weighted by Gasteiger charge is -2.26. The third kappa shape index (κ3) is 6.30. The van der Waals surface area contributed by atoms with Gasteiger partial charge in [0, 0.05) is 29.6 Å². The largest absolute Gasteiger partial charge is 0.716 e. The number of rotatable bonds is 11. The summed E-state index contributed by atoms with van der Waals surface area (Å²) in [6.07, 6.45) is 1.86. The number of likely N-dealkylation sites (tertiary alicyclic amines) is 1. The van der Waals surface area contributed by atoms with E-state index in [-0.39, 0.29) is 11.8 Å². The second kappa shape index (κ2) is 11.7. The molecule has 38 heavy (non-hydrogen) atoms. The van der Waals surface area contributed by atoms with Gasteiger partial charge in [-0.1, -0.05) is 54.6 Å². The fraction of sp³-hybridized carbons (Fsp3) is 0.231. The second-order valence-electron chi connectivity index (χ2n) is 8.76. The van der Waals surface area contributed by atoms with Crippen molar-refractivity contribution in [3.8, 4) is 17.2 Å². The quantitative estimate of drug-likeness (QED) is 0.0661. The first-order valence-corrected chi connectivity index (χ1v) is 13.8. The number of ether oxygens (including phenoxy) is 1. The first kappa shape index (κ1) is 26.5. The smallest absolute Gasteiger partial charge is 0.262 e. The van der Waals surface area contributed by atoms with Gasteiger partial charge in [0.2, 0.25) is 0 Å². The van der Waals surface area contributed by atoms with E-state index in [1.165, 1.54) is 12.1 Å². The Morgan fingerprint density at radius 1 is 0.947 bits per heavy atom. The summed E-state index contributed by atoms with van der Waals surface area (Å²) < 4.78 is 54.2. The molecule has 5 rings (SSSR count). The molecule has 1 fully saturated rings. The van der Waals surface area contributed by atoms with Gasteiger partial charge in [-0.05, 0) is 47.7 Å². The molecule has 0 radical (unpaired) electrons. The van der Waals surface area contributed by atoms with Gasteiger partial charge in [0.1, 0.15) is 23.9 Å². The molecule has 10 nitrogen and oxygen atoms in total. The fourth-order valence-corrected chi connectivity index (χ4v) is 5.45. The summed E-state index contributed by atoms with van der Waals surface area (Å²) in [5.74, 6) is 0.872. The molecule has 1 aliphatic heterocycles. The Balaban J connectivity index is 1.38. The number of hydrogen-bond acceptors (Lipinski definition) is 11. The average molecular weight is 558 g/mol. The lowest BCUT2D eigenvalue weighted by atomic mass is 10.0. The molecule has 0 aliphatic carbocycles. The Morgan fingerprint density at radius 2 is 1.71 bits per heavy atom. The summed E-state index contributed by atoms with van der Waals surface area (Å²) >= 11 is 0.447. The van der Waals surface area contributed by atoms with Gasteiger partial charge in [-0.2, -0.15) is 0 Å². The van der Waals surface area contributed by atoms with E-state index in [2.05, 4.69) is 18.5 Å². The van der Waals surface area contributed by atoms with Crippen LogP contribution in [-0.4, -0.2) is 37.1 Å². The van der Waals surface area contributed by atoms with Gasteiger partial charge in [0.15, 0.2) is 0 Å². The molecule has 1 atom stereocenters. The summed E-state index contributed by atoms with van der Waals surface area (Å²) in [6.45, 7) is 1.73. The van der Waals surface area contributed by atoms with Crippen LogP contribution < -0.4 is 18.4 Å². The molecule has 0 aromatic heterocycles. The zero-order valence-electron chi connectivity index (χ0n) is 20.0. The molecule has 1 heterocycles. The Kier molecular flexibility index (Phi) is 8.19. The third-order valence-electron chi connectivity index (χ3n) is 6.46. The Labute approximate surface area is 223 Å². The topological polar surface area (TPSA) is 130 Å². The predicted molar refractivity (Wildman–Crippen MR) is 138 cm³/mol. The molecule has 0 N–H and O–H groups in total. The maximum absolute atomic E-state index is 11.2. The molecule has 0 bridgehead atoms. The highest BCUT2D eigenvalue weighted by Crippen LogP contribution is 2.35. The van der Waals surface area contributed by atoms with Crippen LogP contribution in [0.1, 0.15) is 18.4 Å². The van der Waals surface area contributed by atoms with E-state index < -0.39 is 10.4 Å². The van der Waals surface area contributed by atoms with E-state index in [4.69, 9.17) is 8.92 Å². The minimum Gasteiger partial charge on any atom is -0.716 e. The zero-order valence-corrected chi connectivity index (χ0v) is 21.6. The molecule has 0 saturated carbocycles. The van der Waals surface area contributed by atoms with Crippen LogP contribution in [0.5, 0.6) is 17.2 Å². The van der Waals surface area contributed by atoms with Gasteiger partial charge >= 0.3 is 0 Å². The third-order valence-corrected chi connectivity index (χ3v) is 7.22. The lowest BCUT2D eigenvalue weighted by Crippen LogP contribution is -2.34. The summed E-state index contributed by atoms with van der Waals surface area (Å²) in [6, 6.07) is 22.0. The molecule has 200 valence electrons. The van der Waals surface area contributed by atoms with Crippen molar-refractivity contribution >= 4 is 44.3 Å². The van der Waals surface area contributed by atoms with Crippen LogP contribution in [0.15, 0.2) is 72.8 Å². The van der Waals surface area contributed by atoms with Crippen LogP contribution in [0.2, 0.25) is 0 Å². The van der Waals surface area contributed by atoms with Crippen molar-refractivity contribution in [2.75, 3.05) is 13.2 Å². The van der Waals surface area contributed by atoms with E-state index in [9.17, 15) is 18.2 Å². The van der Waals surface area contributed by atoms with Crippen LogP contribution >= 0.6 is 12.3 Å². The minimum atomic E-state index is -4.93. The van der Waals surface area contributed by atoms with E-state index in [1.807, 2.05) is 48.5 Å². The predicted octanol–water partition coefficient (Wildman–Crippen LogP) is 4.04. The molecular formula is C26H23NO9S2-2. The van der Waals surface area contributed by atoms with Crippen LogP contribution in [0, 0.1) is 0 Å². The summed E-state index contributed by atoms with van der Waals surface area (Å²) in [4.78, 5) is 2.29. The highest BCUT2D eigenvalue weighted by Gasteiger charge is 2.27. The van der Waals surface area contributed by atoms with Crippen molar-refractivity contribution in [1.82, 2.24) is 4.90 Å². The van der Waals surface area contributed by atoms with Crippen molar-refractivity contribution in [3.63, 3.8) is 0 Å². The van der Waals surface area contributed by atoms with Crippen LogP contribution in [0.25, 0.3) is 21.5 Å². The van der Waals surface area contributed by atoms with Crippen LogP contribution in [0.4, 0.5) is 0 Å². The summed E-state index contributed by atoms with van der Waals surface area (Å²) in [5.41, 5.74) is 0.929. The van der Waals surface area contributed by atoms with Crippen LogP contribution in [0.3, 0.4) is 0 Å². The van der Waals surface area contributed by atoms with E-state index in [0.29, 0.717) is 42.4 Å². The maximum atomic E-state index is 11.2. The summed E-state index contributed by atoms with van der Waals surface area (Å²) in [5, 5.41) is 17.1. The van der Waals surface area contributed by atoms with E-state index in [0.717, 1.165) is 41.1 Å². The molecule has 0 amide bonds. The van der Waals surface area contributed by atoms with Gasteiger partial charge in [0.25, 0.3) is 22.7 Å². The maximum Gasteiger partial charge on any atom is 0.262 e. The number of fused-ring (bicyclic) bond motifs is 2. The molecule has 1 saturated heterocycles. The monoisotopic (exact) mass is 557 g/mol. The molecule has 0 unspecified atom stereocenters. The van der Waals surface area contributed by atoms with Crippen molar-refractivity contribution < 1.29 is 40.7 Å². The first-order chi connectivity index (χ1) is 18.4. The summed E-state index contributed by atoms with van der Waals surface area (Å²) in [7, 11) is -4.93. The van der Waals surface area contributed by atoms with Gasteiger partial charge < -0.3 is 22.9 Å². The lowest BCUT2D eigenvalue weighted by molar-refractivity contribution is -0.777. The average Bonchev–Trinajstić information content (AvgIpc) is 3.34.